The molecule has 0 aromatic rings. The normalized spacial score (nSPS) is 26.3. The van der Waals surface area contributed by atoms with E-state index >= 15 is 0 Å². The minimum absolute atomic E-state index is 0.0659. The average Bonchev–Trinajstić information content (AvgIpc) is 2.17. The minimum atomic E-state index is -0.525. The maximum atomic E-state index is 11.0. The Balaban J connectivity index is 2.39. The average molecular weight is 190 g/mol. The number of rotatable bonds is 2. The Kier molecular flexibility index (Phi) is 3.84. The molecule has 5 heteroatoms. The summed E-state index contributed by atoms with van der Waals surface area (Å²) in [6.45, 7) is 0.917. The highest BCUT2D eigenvalue weighted by atomic mass is 32.2. The molecule has 0 radical (unpaired) electrons. The fourth-order valence-electron chi connectivity index (χ4n) is 1.12. The van der Waals surface area contributed by atoms with Gasteiger partial charge in [0.15, 0.2) is 0 Å². The van der Waals surface area contributed by atoms with Crippen LogP contribution in [-0.4, -0.2) is 43.2 Å². The molecule has 1 rings (SSSR count). The first kappa shape index (κ1) is 9.83. The van der Waals surface area contributed by atoms with E-state index in [2.05, 4.69) is 10.1 Å². The van der Waals surface area contributed by atoms with Crippen molar-refractivity contribution in [3.8, 4) is 0 Å². The Labute approximate surface area is 76.2 Å². The van der Waals surface area contributed by atoms with Crippen LogP contribution in [0.3, 0.4) is 0 Å². The van der Waals surface area contributed by atoms with Gasteiger partial charge in [0.05, 0.1) is 7.11 Å². The Morgan fingerprint density at radius 2 is 2.58 bits per heavy atom. The number of nitrogens with one attached hydrogen (secondary N) is 1. The monoisotopic (exact) mass is 190 g/mol. The maximum absolute atomic E-state index is 11.0. The number of ether oxygens (including phenoxy) is 1. The molecule has 1 fully saturated rings. The first-order valence-corrected chi connectivity index (χ1v) is 5.05. The summed E-state index contributed by atoms with van der Waals surface area (Å²) in [7, 11) is 1.36. The van der Waals surface area contributed by atoms with Crippen molar-refractivity contribution in [2.45, 2.75) is 12.1 Å². The van der Waals surface area contributed by atoms with E-state index in [1.807, 2.05) is 11.8 Å². The van der Waals surface area contributed by atoms with E-state index in [1.54, 1.807) is 0 Å². The van der Waals surface area contributed by atoms with Crippen LogP contribution in [0.1, 0.15) is 0 Å². The molecule has 0 aromatic carbocycles. The number of thioether (sulfide) groups is 1. The zero-order chi connectivity index (χ0) is 8.97. The molecule has 3 N–H and O–H groups in total. The largest absolute Gasteiger partial charge is 0.468 e. The lowest BCUT2D eigenvalue weighted by molar-refractivity contribution is -0.142. The van der Waals surface area contributed by atoms with Gasteiger partial charge in [0.1, 0.15) is 6.04 Å². The molecule has 12 heavy (non-hydrogen) atoms. The van der Waals surface area contributed by atoms with Gasteiger partial charge in [-0.15, -0.1) is 0 Å². The van der Waals surface area contributed by atoms with E-state index in [4.69, 9.17) is 5.73 Å². The van der Waals surface area contributed by atoms with E-state index < -0.39 is 6.04 Å². The fourth-order valence-corrected chi connectivity index (χ4v) is 2.12. The molecule has 70 valence electrons. The molecule has 1 aliphatic heterocycles. The number of nitrogens with two attached hydrogens (primary N) is 1. The summed E-state index contributed by atoms with van der Waals surface area (Å²) in [4.78, 5) is 11.0. The van der Waals surface area contributed by atoms with Crippen molar-refractivity contribution in [3.63, 3.8) is 0 Å². The standard InChI is InChI=1S/C7H14N2O2S/c1-11-7(10)6(8)5-4-12-3-2-9-5/h5-6,9H,2-4,8H2,1H3. The van der Waals surface area contributed by atoms with Crippen LogP contribution in [0.5, 0.6) is 0 Å². The van der Waals surface area contributed by atoms with Gasteiger partial charge < -0.3 is 15.8 Å². The molecule has 1 aliphatic rings. The lowest BCUT2D eigenvalue weighted by Crippen LogP contribution is -2.54. The molecule has 0 aliphatic carbocycles. The van der Waals surface area contributed by atoms with Crippen molar-refractivity contribution in [2.24, 2.45) is 5.73 Å². The third-order valence-corrected chi connectivity index (χ3v) is 2.94. The molecule has 0 bridgehead atoms. The van der Waals surface area contributed by atoms with Crippen LogP contribution in [0.15, 0.2) is 0 Å². The molecule has 4 nitrogen and oxygen atoms in total. The minimum Gasteiger partial charge on any atom is -0.468 e. The van der Waals surface area contributed by atoms with Gasteiger partial charge in [0.2, 0.25) is 0 Å². The maximum Gasteiger partial charge on any atom is 0.324 e. The van der Waals surface area contributed by atoms with Crippen molar-refractivity contribution in [1.29, 1.82) is 0 Å². The molecule has 2 atom stereocenters. The second-order valence-corrected chi connectivity index (χ2v) is 3.83. The van der Waals surface area contributed by atoms with Crippen molar-refractivity contribution in [2.75, 3.05) is 25.2 Å². The first-order chi connectivity index (χ1) is 5.75. The molecule has 0 amide bonds. The van der Waals surface area contributed by atoms with E-state index in [0.29, 0.717) is 0 Å². The Hall–Kier alpha value is -0.260. The van der Waals surface area contributed by atoms with Gasteiger partial charge >= 0.3 is 5.97 Å². The summed E-state index contributed by atoms with van der Waals surface area (Å²) in [6.07, 6.45) is 0. The fraction of sp³-hybridized carbons (Fsp3) is 0.857. The molecule has 0 aromatic heterocycles. The van der Waals surface area contributed by atoms with Gasteiger partial charge in [-0.05, 0) is 0 Å². The van der Waals surface area contributed by atoms with Crippen LogP contribution in [0, 0.1) is 0 Å². The van der Waals surface area contributed by atoms with E-state index in [0.717, 1.165) is 18.1 Å². The number of esters is 1. The summed E-state index contributed by atoms with van der Waals surface area (Å²) < 4.78 is 4.55. The van der Waals surface area contributed by atoms with Crippen molar-refractivity contribution < 1.29 is 9.53 Å². The molecule has 0 spiro atoms. The smallest absolute Gasteiger partial charge is 0.324 e. The predicted molar refractivity (Wildman–Crippen MR) is 49.1 cm³/mol. The van der Waals surface area contributed by atoms with Crippen LogP contribution in [0.2, 0.25) is 0 Å². The van der Waals surface area contributed by atoms with E-state index in [9.17, 15) is 4.79 Å². The molecule has 0 saturated carbocycles. The van der Waals surface area contributed by atoms with Crippen molar-refractivity contribution in [3.05, 3.63) is 0 Å². The highest BCUT2D eigenvalue weighted by molar-refractivity contribution is 7.99. The molecular formula is C7H14N2O2S. The van der Waals surface area contributed by atoms with Crippen LogP contribution < -0.4 is 11.1 Å². The first-order valence-electron chi connectivity index (χ1n) is 3.90. The summed E-state index contributed by atoms with van der Waals surface area (Å²) in [6, 6.07) is -0.459. The van der Waals surface area contributed by atoms with Crippen LogP contribution in [0.25, 0.3) is 0 Å². The van der Waals surface area contributed by atoms with Gasteiger partial charge in [-0.1, -0.05) is 0 Å². The van der Waals surface area contributed by atoms with Gasteiger partial charge in [-0.3, -0.25) is 4.79 Å². The zero-order valence-electron chi connectivity index (χ0n) is 7.08. The van der Waals surface area contributed by atoms with E-state index in [1.165, 1.54) is 7.11 Å². The Bertz CT molecular complexity index is 159. The molecule has 1 saturated heterocycles. The van der Waals surface area contributed by atoms with E-state index in [-0.39, 0.29) is 12.0 Å². The summed E-state index contributed by atoms with van der Waals surface area (Å²) >= 11 is 1.81. The van der Waals surface area contributed by atoms with Gasteiger partial charge in [0.25, 0.3) is 0 Å². The number of hydrogen-bond acceptors (Lipinski definition) is 5. The summed E-state index contributed by atoms with van der Waals surface area (Å²) in [5, 5.41) is 3.19. The lowest BCUT2D eigenvalue weighted by Gasteiger charge is -2.26. The second-order valence-electron chi connectivity index (χ2n) is 2.68. The van der Waals surface area contributed by atoms with Crippen LogP contribution in [-0.2, 0) is 9.53 Å². The number of carbonyl (C=O) groups is 1. The molecular weight excluding hydrogens is 176 g/mol. The Morgan fingerprint density at radius 1 is 1.83 bits per heavy atom. The highest BCUT2D eigenvalue weighted by Gasteiger charge is 2.26. The van der Waals surface area contributed by atoms with Crippen LogP contribution >= 0.6 is 11.8 Å². The summed E-state index contributed by atoms with van der Waals surface area (Å²) in [5.74, 6) is 1.63. The highest BCUT2D eigenvalue weighted by Crippen LogP contribution is 2.09. The van der Waals surface area contributed by atoms with Crippen molar-refractivity contribution in [1.82, 2.24) is 5.32 Å². The number of methoxy groups -OCH3 is 1. The summed E-state index contributed by atoms with van der Waals surface area (Å²) in [5.41, 5.74) is 5.65. The van der Waals surface area contributed by atoms with Crippen LogP contribution in [0.4, 0.5) is 0 Å². The van der Waals surface area contributed by atoms with Crippen molar-refractivity contribution >= 4 is 17.7 Å². The quantitative estimate of drug-likeness (QED) is 0.558. The topological polar surface area (TPSA) is 64.3 Å². The van der Waals surface area contributed by atoms with Gasteiger partial charge in [0, 0.05) is 24.1 Å². The zero-order valence-corrected chi connectivity index (χ0v) is 7.89. The predicted octanol–water partition coefficient (Wildman–Crippen LogP) is -0.808. The third kappa shape index (κ3) is 2.36. The number of carbonyl (C=O) groups excluding carboxylic acids is 1. The van der Waals surface area contributed by atoms with Gasteiger partial charge in [-0.2, -0.15) is 11.8 Å². The lowest BCUT2D eigenvalue weighted by atomic mass is 10.1. The molecule has 2 unspecified atom stereocenters. The third-order valence-electron chi connectivity index (χ3n) is 1.86. The SMILES string of the molecule is COC(=O)C(N)C1CSCCN1. The number of hydrogen-bond donors (Lipinski definition) is 2. The molecule has 1 heterocycles. The second kappa shape index (κ2) is 4.69. The van der Waals surface area contributed by atoms with Gasteiger partial charge in [-0.25, -0.2) is 0 Å². The Morgan fingerprint density at radius 3 is 3.08 bits per heavy atom.